The molecule has 0 aliphatic rings. The molecule has 0 heterocycles. The van der Waals surface area contributed by atoms with Crippen molar-refractivity contribution in [1.82, 2.24) is 4.90 Å². The zero-order valence-corrected chi connectivity index (χ0v) is 3.31. The molecular weight excluding hydrogens is 78.0 g/mol. The number of nitrogens with zero attached hydrogens (tertiary/aromatic N) is 1. The smallest absolute Gasteiger partial charge is 0.0558 e. The van der Waals surface area contributed by atoms with Gasteiger partial charge in [0.15, 0.2) is 0 Å². The van der Waals surface area contributed by atoms with Gasteiger partial charge in [0.05, 0.1) is 6.61 Å². The van der Waals surface area contributed by atoms with E-state index < -0.39 is 20.6 Å². The lowest BCUT2D eigenvalue weighted by molar-refractivity contribution is 0.243. The van der Waals surface area contributed by atoms with E-state index in [2.05, 4.69) is 0 Å². The van der Waals surface area contributed by atoms with Gasteiger partial charge in [-0.05, 0) is 14.0 Å². The van der Waals surface area contributed by atoms with Crippen molar-refractivity contribution in [1.29, 1.82) is 0 Å². The van der Waals surface area contributed by atoms with Crippen LogP contribution in [0.5, 0.6) is 0 Å². The molecule has 0 bridgehead atoms. The maximum atomic E-state index is 8.42. The Bertz CT molecular complexity index is 125. The molecule has 0 spiro atoms. The summed E-state index contributed by atoms with van der Waals surface area (Å²) in [5, 5.41) is 8.42. The number of aliphatic hydroxyl groups excluding tert-OH is 1. The molecule has 0 amide bonds. The van der Waals surface area contributed by atoms with Crippen LogP contribution in [0, 0.1) is 0 Å². The number of rotatable bonds is 2. The van der Waals surface area contributed by atoms with Gasteiger partial charge >= 0.3 is 0 Å². The first-order valence-corrected chi connectivity index (χ1v) is 1.58. The van der Waals surface area contributed by atoms with Crippen molar-refractivity contribution in [3.8, 4) is 0 Å². The molecule has 0 rings (SSSR count). The highest BCUT2D eigenvalue weighted by Gasteiger charge is 1.80. The molecule has 0 aliphatic heterocycles. The Morgan fingerprint density at radius 3 is 2.67 bits per heavy atom. The number of hydrogen-bond donors (Lipinski definition) is 1. The molecule has 0 radical (unpaired) electrons. The molecule has 38 valence electrons. The van der Waals surface area contributed by atoms with Crippen molar-refractivity contribution in [2.45, 2.75) is 0 Å². The van der Waals surface area contributed by atoms with E-state index in [1.165, 1.54) is 0 Å². The van der Waals surface area contributed by atoms with Crippen LogP contribution in [0.4, 0.5) is 0 Å². The van der Waals surface area contributed by atoms with E-state index in [0.717, 1.165) is 0 Å². The summed E-state index contributed by atoms with van der Waals surface area (Å²) in [6.45, 7) is -6.24. The summed E-state index contributed by atoms with van der Waals surface area (Å²) in [5.41, 5.74) is 0. The molecule has 0 unspecified atom stereocenters. The Balaban J connectivity index is 4.45. The van der Waals surface area contributed by atoms with Gasteiger partial charge in [-0.3, -0.25) is 0 Å². The van der Waals surface area contributed by atoms with Crippen LogP contribution in [0.15, 0.2) is 0 Å². The first kappa shape index (κ1) is 1.20. The Morgan fingerprint density at radius 2 is 2.50 bits per heavy atom. The number of hydrogen-bond acceptors (Lipinski definition) is 2. The van der Waals surface area contributed by atoms with E-state index in [0.29, 0.717) is 4.90 Å². The van der Waals surface area contributed by atoms with Crippen LogP contribution in [0.1, 0.15) is 8.22 Å². The fourth-order valence-corrected chi connectivity index (χ4v) is 0.1000. The summed E-state index contributed by atoms with van der Waals surface area (Å²) in [5.74, 6) is 0. The van der Waals surface area contributed by atoms with Gasteiger partial charge in [0, 0.05) is 14.8 Å². The minimum absolute atomic E-state index is 0.306. The Kier molecular flexibility index (Phi) is 0.626. The first-order valence-electron chi connectivity index (χ1n) is 4.58. The van der Waals surface area contributed by atoms with E-state index in [9.17, 15) is 0 Å². The van der Waals surface area contributed by atoms with Crippen LogP contribution >= 0.6 is 0 Å². The fourth-order valence-electron chi connectivity index (χ4n) is 0.1000. The van der Waals surface area contributed by atoms with E-state index in [4.69, 9.17) is 13.3 Å². The molecule has 0 aromatic rings. The molecule has 0 saturated heterocycles. The third kappa shape index (κ3) is 3.92. The van der Waals surface area contributed by atoms with Gasteiger partial charge in [0.1, 0.15) is 0 Å². The Morgan fingerprint density at radius 1 is 1.83 bits per heavy atom. The Labute approximate surface area is 46.8 Å². The Hall–Kier alpha value is -0.0800. The van der Waals surface area contributed by atoms with Gasteiger partial charge in [0.2, 0.25) is 0 Å². The third-order valence-electron chi connectivity index (χ3n) is 0.324. The minimum atomic E-state index is -2.69. The SMILES string of the molecule is [2H]C([2H])([2H])N(CCO)C([2H])([2H])[2H]. The maximum absolute atomic E-state index is 8.42. The monoisotopic (exact) mass is 95.1 g/mol. The van der Waals surface area contributed by atoms with E-state index in [-0.39, 0.29) is 6.54 Å². The lowest BCUT2D eigenvalue weighted by atomic mass is 10.6. The molecule has 1 N–H and O–H groups in total. The number of likely N-dealkylation sites (N-methyl/N-ethyl adjacent to an activating group) is 1. The molecule has 2 nitrogen and oxygen atoms in total. The van der Waals surface area contributed by atoms with E-state index in [1.807, 2.05) is 0 Å². The summed E-state index contributed by atoms with van der Waals surface area (Å²) in [4.78, 5) is 0.306. The molecule has 0 aliphatic carbocycles. The molecule has 6 heavy (non-hydrogen) atoms. The van der Waals surface area contributed by atoms with Crippen molar-refractivity contribution in [3.05, 3.63) is 0 Å². The number of aliphatic hydroxyl groups is 1. The topological polar surface area (TPSA) is 23.5 Å². The third-order valence-corrected chi connectivity index (χ3v) is 0.324. The average molecular weight is 95.2 g/mol. The highest BCUT2D eigenvalue weighted by molar-refractivity contribution is 4.34. The van der Waals surface area contributed by atoms with Crippen molar-refractivity contribution >= 4 is 0 Å². The molecular formula is C4H11NO. The normalized spacial score (nSPS) is 29.0. The second kappa shape index (κ2) is 3.12. The predicted octanol–water partition coefficient (Wildman–Crippen LogP) is -0.460. The summed E-state index contributed by atoms with van der Waals surface area (Å²) < 4.78 is 41.0. The van der Waals surface area contributed by atoms with Gasteiger partial charge in [-0.2, -0.15) is 0 Å². The highest BCUT2D eigenvalue weighted by atomic mass is 16.3. The molecule has 0 fully saturated rings. The summed E-state index contributed by atoms with van der Waals surface area (Å²) in [7, 11) is 0. The predicted molar refractivity (Wildman–Crippen MR) is 25.6 cm³/mol. The van der Waals surface area contributed by atoms with Crippen molar-refractivity contribution < 1.29 is 13.3 Å². The van der Waals surface area contributed by atoms with Crippen LogP contribution in [0.3, 0.4) is 0 Å². The van der Waals surface area contributed by atoms with Crippen LogP contribution in [0.2, 0.25) is 0 Å². The maximum Gasteiger partial charge on any atom is 0.0558 e. The average Bonchev–Trinajstić information content (AvgIpc) is 1.77. The van der Waals surface area contributed by atoms with Gasteiger partial charge in [0.25, 0.3) is 0 Å². The van der Waals surface area contributed by atoms with Crippen molar-refractivity contribution in [3.63, 3.8) is 0 Å². The molecule has 0 saturated carbocycles. The first-order chi connectivity index (χ1) is 5.19. The fraction of sp³-hybridized carbons (Fsp3) is 1.00. The van der Waals surface area contributed by atoms with Crippen molar-refractivity contribution in [2.75, 3.05) is 27.1 Å². The summed E-state index contributed by atoms with van der Waals surface area (Å²) in [6.07, 6.45) is 0. The largest absolute Gasteiger partial charge is 0.395 e. The van der Waals surface area contributed by atoms with Gasteiger partial charge < -0.3 is 10.0 Å². The van der Waals surface area contributed by atoms with Crippen LogP contribution < -0.4 is 0 Å². The van der Waals surface area contributed by atoms with E-state index in [1.54, 1.807) is 0 Å². The van der Waals surface area contributed by atoms with Crippen molar-refractivity contribution in [2.24, 2.45) is 0 Å². The quantitative estimate of drug-likeness (QED) is 0.501. The van der Waals surface area contributed by atoms with Crippen LogP contribution in [-0.4, -0.2) is 37.1 Å². The van der Waals surface area contributed by atoms with E-state index >= 15 is 0 Å². The minimum Gasteiger partial charge on any atom is -0.395 e. The summed E-state index contributed by atoms with van der Waals surface area (Å²) in [6, 6.07) is 0. The van der Waals surface area contributed by atoms with Crippen LogP contribution in [-0.2, 0) is 0 Å². The summed E-state index contributed by atoms with van der Waals surface area (Å²) >= 11 is 0. The zero-order valence-electron chi connectivity index (χ0n) is 9.31. The van der Waals surface area contributed by atoms with Gasteiger partial charge in [-0.1, -0.05) is 0 Å². The lowest BCUT2D eigenvalue weighted by Gasteiger charge is -2.03. The molecule has 0 aromatic heterocycles. The second-order valence-corrected chi connectivity index (χ2v) is 0.875. The van der Waals surface area contributed by atoms with Crippen LogP contribution in [0.25, 0.3) is 0 Å². The molecule has 0 aromatic carbocycles. The lowest BCUT2D eigenvalue weighted by Crippen LogP contribution is -2.15. The zero-order chi connectivity index (χ0) is 9.99. The second-order valence-electron chi connectivity index (χ2n) is 0.875. The standard InChI is InChI=1S/C4H11NO/c1-5(2)3-4-6/h6H,3-4H2,1-2H3/i1D3,2D3. The molecule has 2 heteroatoms. The van der Waals surface area contributed by atoms with Gasteiger partial charge in [-0.15, -0.1) is 0 Å². The highest BCUT2D eigenvalue weighted by Crippen LogP contribution is 1.66. The molecule has 0 atom stereocenters. The van der Waals surface area contributed by atoms with Gasteiger partial charge in [-0.25, -0.2) is 0 Å².